The number of nitrogens with one attached hydrogen (secondary N) is 2. The molecule has 1 heterocycles. The van der Waals surface area contributed by atoms with Crippen LogP contribution in [0.4, 0.5) is 13.2 Å². The van der Waals surface area contributed by atoms with Crippen LogP contribution in [0.1, 0.15) is 25.8 Å². The van der Waals surface area contributed by atoms with Gasteiger partial charge in [-0.15, -0.1) is 0 Å². The lowest BCUT2D eigenvalue weighted by atomic mass is 10.3. The normalized spacial score (nSPS) is 11.0. The lowest BCUT2D eigenvalue weighted by molar-refractivity contribution is -0.137. The summed E-state index contributed by atoms with van der Waals surface area (Å²) in [4.78, 5) is 7.92. The van der Waals surface area contributed by atoms with Crippen LogP contribution >= 0.6 is 11.6 Å². The number of aromatic nitrogens is 1. The molecule has 0 radical (unpaired) electrons. The van der Waals surface area contributed by atoms with Crippen LogP contribution in [0, 0.1) is 0 Å². The minimum Gasteiger partial charge on any atom is -0.477 e. The number of aliphatic imine (C=N–C) groups is 1. The summed E-state index contributed by atoms with van der Waals surface area (Å²) in [5.41, 5.74) is -0.902. The van der Waals surface area contributed by atoms with Gasteiger partial charge in [-0.1, -0.05) is 11.6 Å². The Morgan fingerprint density at radius 3 is 2.48 bits per heavy atom. The molecule has 0 aliphatic heterocycles. The summed E-state index contributed by atoms with van der Waals surface area (Å²) in [5.74, 6) is 0.697. The second kappa shape index (κ2) is 9.44. The van der Waals surface area contributed by atoms with Gasteiger partial charge in [-0.05, 0) is 19.9 Å². The predicted molar refractivity (Wildman–Crippen MR) is 84.0 cm³/mol. The third-order valence-corrected chi connectivity index (χ3v) is 2.91. The molecular weight excluding hydrogens is 333 g/mol. The number of hydrogen-bond donors (Lipinski definition) is 2. The van der Waals surface area contributed by atoms with Crippen molar-refractivity contribution in [2.45, 2.75) is 26.4 Å². The smallest absolute Gasteiger partial charge is 0.417 e. The number of pyridine rings is 1. The fraction of sp³-hybridized carbons (Fsp3) is 0.571. The number of nitrogens with zero attached hydrogens (tertiary/aromatic N) is 2. The fourth-order valence-corrected chi connectivity index (χ4v) is 1.84. The molecule has 1 aromatic rings. The molecule has 0 aromatic carbocycles. The van der Waals surface area contributed by atoms with E-state index in [0.717, 1.165) is 19.2 Å². The van der Waals surface area contributed by atoms with E-state index in [4.69, 9.17) is 16.3 Å². The summed E-state index contributed by atoms with van der Waals surface area (Å²) < 4.78 is 42.7. The SMILES string of the molecule is CCNC(=NCCCOc1ncc(C(F)(F)F)cc1Cl)NCC. The maximum Gasteiger partial charge on any atom is 0.417 e. The summed E-state index contributed by atoms with van der Waals surface area (Å²) in [5, 5.41) is 6.00. The number of ether oxygens (including phenoxy) is 1. The van der Waals surface area contributed by atoms with Crippen molar-refractivity contribution in [3.63, 3.8) is 0 Å². The average Bonchev–Trinajstić information content (AvgIpc) is 2.47. The van der Waals surface area contributed by atoms with E-state index in [9.17, 15) is 13.2 Å². The van der Waals surface area contributed by atoms with Crippen molar-refractivity contribution < 1.29 is 17.9 Å². The zero-order valence-electron chi connectivity index (χ0n) is 13.0. The van der Waals surface area contributed by atoms with Gasteiger partial charge in [0.15, 0.2) is 5.96 Å². The van der Waals surface area contributed by atoms with Crippen LogP contribution in [-0.4, -0.2) is 37.2 Å². The minimum absolute atomic E-state index is 0.0118. The second-order valence-corrected chi connectivity index (χ2v) is 4.91. The van der Waals surface area contributed by atoms with Gasteiger partial charge in [0.05, 0.1) is 12.2 Å². The zero-order valence-corrected chi connectivity index (χ0v) is 13.8. The molecule has 0 saturated heterocycles. The summed E-state index contributed by atoms with van der Waals surface area (Å²) in [6.45, 7) is 6.21. The van der Waals surface area contributed by atoms with Crippen molar-refractivity contribution in [1.82, 2.24) is 15.6 Å². The van der Waals surface area contributed by atoms with Gasteiger partial charge in [0.2, 0.25) is 5.88 Å². The van der Waals surface area contributed by atoms with E-state index in [-0.39, 0.29) is 17.5 Å². The maximum atomic E-state index is 12.5. The third-order valence-electron chi connectivity index (χ3n) is 2.63. The van der Waals surface area contributed by atoms with Gasteiger partial charge in [0.25, 0.3) is 0 Å². The van der Waals surface area contributed by atoms with Crippen molar-refractivity contribution in [3.05, 3.63) is 22.8 Å². The van der Waals surface area contributed by atoms with Crippen molar-refractivity contribution in [3.8, 4) is 5.88 Å². The van der Waals surface area contributed by atoms with Crippen molar-refractivity contribution in [2.75, 3.05) is 26.2 Å². The van der Waals surface area contributed by atoms with Crippen molar-refractivity contribution in [1.29, 1.82) is 0 Å². The van der Waals surface area contributed by atoms with E-state index in [1.165, 1.54) is 0 Å². The Balaban J connectivity index is 2.45. The first-order chi connectivity index (χ1) is 10.9. The van der Waals surface area contributed by atoms with E-state index >= 15 is 0 Å². The van der Waals surface area contributed by atoms with E-state index in [1.807, 2.05) is 13.8 Å². The fourth-order valence-electron chi connectivity index (χ4n) is 1.62. The van der Waals surface area contributed by atoms with Gasteiger partial charge in [0, 0.05) is 32.3 Å². The van der Waals surface area contributed by atoms with Crippen LogP contribution in [0.3, 0.4) is 0 Å². The Kier molecular flexibility index (Phi) is 7.94. The van der Waals surface area contributed by atoms with Crippen LogP contribution in [0.5, 0.6) is 5.88 Å². The zero-order chi connectivity index (χ0) is 17.3. The maximum absolute atomic E-state index is 12.5. The molecule has 5 nitrogen and oxygen atoms in total. The lowest BCUT2D eigenvalue weighted by Gasteiger charge is -2.10. The third kappa shape index (κ3) is 6.94. The molecule has 0 spiro atoms. The standard InChI is InChI=1S/C14H20ClF3N4O/c1-3-19-13(20-4-2)21-6-5-7-23-12-11(15)8-10(9-22-12)14(16,17)18/h8-9H,3-7H2,1-2H3,(H2,19,20,21). The van der Waals surface area contributed by atoms with Gasteiger partial charge in [-0.2, -0.15) is 13.2 Å². The van der Waals surface area contributed by atoms with Gasteiger partial charge in [0.1, 0.15) is 5.02 Å². The highest BCUT2D eigenvalue weighted by atomic mass is 35.5. The van der Waals surface area contributed by atoms with Gasteiger partial charge >= 0.3 is 6.18 Å². The molecule has 1 aromatic heterocycles. The number of guanidine groups is 1. The first kappa shape index (κ1) is 19.3. The summed E-state index contributed by atoms with van der Waals surface area (Å²) in [7, 11) is 0. The highest BCUT2D eigenvalue weighted by Crippen LogP contribution is 2.33. The highest BCUT2D eigenvalue weighted by molar-refractivity contribution is 6.31. The van der Waals surface area contributed by atoms with Crippen LogP contribution in [0.25, 0.3) is 0 Å². The highest BCUT2D eigenvalue weighted by Gasteiger charge is 2.31. The number of hydrogen-bond acceptors (Lipinski definition) is 3. The number of rotatable bonds is 7. The Morgan fingerprint density at radius 2 is 1.96 bits per heavy atom. The van der Waals surface area contributed by atoms with Crippen molar-refractivity contribution in [2.24, 2.45) is 4.99 Å². The van der Waals surface area contributed by atoms with Gasteiger partial charge < -0.3 is 15.4 Å². The van der Waals surface area contributed by atoms with Crippen molar-refractivity contribution >= 4 is 17.6 Å². The molecule has 2 N–H and O–H groups in total. The predicted octanol–water partition coefficient (Wildman–Crippen LogP) is 3.10. The van der Waals surface area contributed by atoms with Crippen LogP contribution < -0.4 is 15.4 Å². The molecule has 0 aliphatic rings. The molecule has 130 valence electrons. The molecule has 9 heteroatoms. The molecule has 0 bridgehead atoms. The average molecular weight is 353 g/mol. The second-order valence-electron chi connectivity index (χ2n) is 4.50. The van der Waals surface area contributed by atoms with Gasteiger partial charge in [-0.25, -0.2) is 4.98 Å². The molecule has 0 atom stereocenters. The van der Waals surface area contributed by atoms with E-state index in [1.54, 1.807) is 0 Å². The van der Waals surface area contributed by atoms with Gasteiger partial charge in [-0.3, -0.25) is 4.99 Å². The van der Waals surface area contributed by atoms with E-state index in [0.29, 0.717) is 25.1 Å². The molecule has 0 unspecified atom stereocenters. The molecule has 0 saturated carbocycles. The van der Waals surface area contributed by atoms with Crippen LogP contribution in [0.15, 0.2) is 17.3 Å². The topological polar surface area (TPSA) is 58.5 Å². The summed E-state index contributed by atoms with van der Waals surface area (Å²) in [6.07, 6.45) is -3.19. The van der Waals surface area contributed by atoms with E-state index < -0.39 is 11.7 Å². The van der Waals surface area contributed by atoms with E-state index in [2.05, 4.69) is 20.6 Å². The minimum atomic E-state index is -4.47. The molecule has 0 amide bonds. The first-order valence-electron chi connectivity index (χ1n) is 7.26. The summed E-state index contributed by atoms with van der Waals surface area (Å²) >= 11 is 5.75. The summed E-state index contributed by atoms with van der Waals surface area (Å²) in [6, 6.07) is 0.802. The lowest BCUT2D eigenvalue weighted by Crippen LogP contribution is -2.37. The Labute approximate surface area is 138 Å². The van der Waals surface area contributed by atoms with Crippen LogP contribution in [-0.2, 0) is 6.18 Å². The Bertz CT molecular complexity index is 515. The Hall–Kier alpha value is -1.70. The van der Waals surface area contributed by atoms with Crippen LogP contribution in [0.2, 0.25) is 5.02 Å². The molecule has 0 fully saturated rings. The Morgan fingerprint density at radius 1 is 1.30 bits per heavy atom. The number of halogens is 4. The number of alkyl halides is 3. The first-order valence-corrected chi connectivity index (χ1v) is 7.64. The molecule has 1 rings (SSSR count). The molecular formula is C14H20ClF3N4O. The monoisotopic (exact) mass is 352 g/mol. The molecule has 23 heavy (non-hydrogen) atoms. The quantitative estimate of drug-likeness (QED) is 0.450. The molecule has 0 aliphatic carbocycles. The largest absolute Gasteiger partial charge is 0.477 e.